The summed E-state index contributed by atoms with van der Waals surface area (Å²) in [6, 6.07) is 9.71. The predicted molar refractivity (Wildman–Crippen MR) is 101 cm³/mol. The Morgan fingerprint density at radius 3 is 2.62 bits per heavy atom. The number of anilines is 1. The average Bonchev–Trinajstić information content (AvgIpc) is 2.62. The van der Waals surface area contributed by atoms with Crippen molar-refractivity contribution in [3.63, 3.8) is 0 Å². The molecule has 2 heterocycles. The minimum atomic E-state index is 0.326. The van der Waals surface area contributed by atoms with Gasteiger partial charge in [-0.15, -0.1) is 0 Å². The monoisotopic (exact) mass is 357 g/mol. The van der Waals surface area contributed by atoms with E-state index in [1.165, 1.54) is 0 Å². The molecule has 0 aliphatic carbocycles. The van der Waals surface area contributed by atoms with E-state index < -0.39 is 0 Å². The fourth-order valence-electron chi connectivity index (χ4n) is 3.19. The Labute approximate surface area is 155 Å². The van der Waals surface area contributed by atoms with Gasteiger partial charge in [-0.25, -0.2) is 4.98 Å². The number of hydrogen-bond donors (Lipinski definition) is 0. The summed E-state index contributed by atoms with van der Waals surface area (Å²) in [5.74, 6) is 4.25. The van der Waals surface area contributed by atoms with E-state index in [2.05, 4.69) is 28.7 Å². The van der Waals surface area contributed by atoms with Gasteiger partial charge in [0.05, 0.1) is 26.4 Å². The first-order chi connectivity index (χ1) is 12.5. The number of morpholine rings is 1. The Bertz CT molecular complexity index is 719. The fourth-order valence-corrected chi connectivity index (χ4v) is 3.19. The van der Waals surface area contributed by atoms with Gasteiger partial charge in [0.2, 0.25) is 5.88 Å². The van der Waals surface area contributed by atoms with E-state index in [4.69, 9.17) is 14.2 Å². The fraction of sp³-hybridized carbons (Fsp3) is 0.500. The van der Waals surface area contributed by atoms with E-state index in [1.54, 1.807) is 7.11 Å². The van der Waals surface area contributed by atoms with E-state index in [0.717, 1.165) is 36.9 Å². The Balaban J connectivity index is 1.81. The molecule has 0 radical (unpaired) electrons. The van der Waals surface area contributed by atoms with Gasteiger partial charge in [-0.3, -0.25) is 0 Å². The molecule has 1 aliphatic heterocycles. The molecule has 1 aromatic heterocycles. The molecule has 6 heteroatoms. The summed E-state index contributed by atoms with van der Waals surface area (Å²) in [7, 11) is 1.64. The molecule has 1 aromatic carbocycles. The highest BCUT2D eigenvalue weighted by Gasteiger charge is 2.25. The first-order valence-electron chi connectivity index (χ1n) is 9.07. The van der Waals surface area contributed by atoms with Crippen LogP contribution in [0.25, 0.3) is 0 Å². The van der Waals surface area contributed by atoms with E-state index in [0.29, 0.717) is 30.3 Å². The molecule has 1 atom stereocenters. The molecule has 6 nitrogen and oxygen atoms in total. The molecule has 0 N–H and O–H groups in total. The van der Waals surface area contributed by atoms with Crippen LogP contribution in [0.2, 0.25) is 0 Å². The second kappa shape index (κ2) is 8.36. The summed E-state index contributed by atoms with van der Waals surface area (Å²) >= 11 is 0. The quantitative estimate of drug-likeness (QED) is 0.783. The lowest BCUT2D eigenvalue weighted by atomic mass is 10.0. The third-order valence-corrected chi connectivity index (χ3v) is 4.35. The summed E-state index contributed by atoms with van der Waals surface area (Å²) in [6.07, 6.45) is 1.07. The van der Waals surface area contributed by atoms with Crippen molar-refractivity contribution in [1.29, 1.82) is 0 Å². The van der Waals surface area contributed by atoms with Gasteiger partial charge in [0.15, 0.2) is 0 Å². The highest BCUT2D eigenvalue weighted by molar-refractivity contribution is 5.45. The maximum Gasteiger partial charge on any atom is 0.224 e. The van der Waals surface area contributed by atoms with Crippen molar-refractivity contribution in [3.05, 3.63) is 36.2 Å². The SMILES string of the molecule is COc1ccc(Oc2cc(N3CCOCC3CC(C)C)nc(C)n2)cc1. The molecule has 3 rings (SSSR count). The van der Waals surface area contributed by atoms with Crippen molar-refractivity contribution < 1.29 is 14.2 Å². The number of hydrogen-bond acceptors (Lipinski definition) is 6. The zero-order valence-electron chi connectivity index (χ0n) is 15.9. The van der Waals surface area contributed by atoms with E-state index >= 15 is 0 Å². The van der Waals surface area contributed by atoms with Crippen LogP contribution in [0.15, 0.2) is 30.3 Å². The molecule has 2 aromatic rings. The highest BCUT2D eigenvalue weighted by atomic mass is 16.5. The van der Waals surface area contributed by atoms with Gasteiger partial charge in [0, 0.05) is 12.6 Å². The molecule has 0 amide bonds. The smallest absolute Gasteiger partial charge is 0.224 e. The molecule has 1 saturated heterocycles. The van der Waals surface area contributed by atoms with Crippen molar-refractivity contribution in [2.24, 2.45) is 5.92 Å². The third kappa shape index (κ3) is 4.64. The van der Waals surface area contributed by atoms with Crippen molar-refractivity contribution >= 4 is 5.82 Å². The standard InChI is InChI=1S/C20H27N3O3/c1-14(2)11-16-13-25-10-9-23(16)19-12-20(22-15(3)21-19)26-18-7-5-17(24-4)6-8-18/h5-8,12,14,16H,9-11,13H2,1-4H3. The third-order valence-electron chi connectivity index (χ3n) is 4.35. The van der Waals surface area contributed by atoms with E-state index in [-0.39, 0.29) is 0 Å². The lowest BCUT2D eigenvalue weighted by Crippen LogP contribution is -2.46. The van der Waals surface area contributed by atoms with Gasteiger partial charge in [0.25, 0.3) is 0 Å². The number of ether oxygens (including phenoxy) is 3. The number of rotatable bonds is 6. The van der Waals surface area contributed by atoms with Crippen molar-refractivity contribution in [2.45, 2.75) is 33.2 Å². The number of nitrogens with zero attached hydrogens (tertiary/aromatic N) is 3. The van der Waals surface area contributed by atoms with Crippen LogP contribution in [0.5, 0.6) is 17.4 Å². The van der Waals surface area contributed by atoms with Crippen molar-refractivity contribution in [3.8, 4) is 17.4 Å². The van der Waals surface area contributed by atoms with E-state index in [9.17, 15) is 0 Å². The highest BCUT2D eigenvalue weighted by Crippen LogP contribution is 2.28. The second-order valence-electron chi connectivity index (χ2n) is 6.94. The molecular formula is C20H27N3O3. The van der Waals surface area contributed by atoms with Gasteiger partial charge in [-0.05, 0) is 43.5 Å². The van der Waals surface area contributed by atoms with Crippen LogP contribution in [0, 0.1) is 12.8 Å². The van der Waals surface area contributed by atoms with Crippen LogP contribution in [0.3, 0.4) is 0 Å². The van der Waals surface area contributed by atoms with Gasteiger partial charge in [0.1, 0.15) is 23.1 Å². The zero-order chi connectivity index (χ0) is 18.5. The molecule has 1 aliphatic rings. The van der Waals surface area contributed by atoms with Crippen LogP contribution in [-0.4, -0.2) is 42.9 Å². The van der Waals surface area contributed by atoms with Crippen LogP contribution >= 0.6 is 0 Å². The number of benzene rings is 1. The lowest BCUT2D eigenvalue weighted by molar-refractivity contribution is 0.0873. The average molecular weight is 357 g/mol. The second-order valence-corrected chi connectivity index (χ2v) is 6.94. The summed E-state index contributed by atoms with van der Waals surface area (Å²) in [6.45, 7) is 8.63. The van der Waals surface area contributed by atoms with Crippen LogP contribution in [-0.2, 0) is 4.74 Å². The lowest BCUT2D eigenvalue weighted by Gasteiger charge is -2.37. The normalized spacial score (nSPS) is 17.4. The predicted octanol–water partition coefficient (Wildman–Crippen LogP) is 3.84. The van der Waals surface area contributed by atoms with Gasteiger partial charge >= 0.3 is 0 Å². The molecular weight excluding hydrogens is 330 g/mol. The molecule has 140 valence electrons. The summed E-state index contributed by atoms with van der Waals surface area (Å²) in [5, 5.41) is 0. The van der Waals surface area contributed by atoms with Crippen LogP contribution in [0.1, 0.15) is 26.1 Å². The zero-order valence-corrected chi connectivity index (χ0v) is 15.9. The molecule has 1 fully saturated rings. The van der Waals surface area contributed by atoms with Gasteiger partial charge in [-0.2, -0.15) is 4.98 Å². The van der Waals surface area contributed by atoms with Crippen molar-refractivity contribution in [2.75, 3.05) is 31.8 Å². The Kier molecular flexibility index (Phi) is 5.93. The minimum absolute atomic E-state index is 0.326. The van der Waals surface area contributed by atoms with Crippen molar-refractivity contribution in [1.82, 2.24) is 9.97 Å². The Hall–Kier alpha value is -2.34. The van der Waals surface area contributed by atoms with Gasteiger partial charge < -0.3 is 19.1 Å². The Morgan fingerprint density at radius 1 is 1.19 bits per heavy atom. The van der Waals surface area contributed by atoms with E-state index in [1.807, 2.05) is 37.3 Å². The first-order valence-corrected chi connectivity index (χ1v) is 9.07. The number of aryl methyl sites for hydroxylation is 1. The molecule has 1 unspecified atom stereocenters. The minimum Gasteiger partial charge on any atom is -0.497 e. The molecule has 0 spiro atoms. The van der Waals surface area contributed by atoms with Gasteiger partial charge in [-0.1, -0.05) is 13.8 Å². The molecule has 26 heavy (non-hydrogen) atoms. The van der Waals surface area contributed by atoms with Crippen LogP contribution < -0.4 is 14.4 Å². The largest absolute Gasteiger partial charge is 0.497 e. The maximum atomic E-state index is 5.94. The summed E-state index contributed by atoms with van der Waals surface area (Å²) in [5.41, 5.74) is 0. The summed E-state index contributed by atoms with van der Waals surface area (Å²) < 4.78 is 16.8. The molecule has 0 bridgehead atoms. The number of methoxy groups -OCH3 is 1. The topological polar surface area (TPSA) is 56.7 Å². The number of aromatic nitrogens is 2. The summed E-state index contributed by atoms with van der Waals surface area (Å²) in [4.78, 5) is 11.4. The molecule has 0 saturated carbocycles. The Morgan fingerprint density at radius 2 is 1.92 bits per heavy atom. The first kappa shape index (κ1) is 18.5. The maximum absolute atomic E-state index is 5.94. The van der Waals surface area contributed by atoms with Crippen LogP contribution in [0.4, 0.5) is 5.82 Å².